The first-order valence-electron chi connectivity index (χ1n) is 6.72. The molecule has 0 saturated heterocycles. The summed E-state index contributed by atoms with van der Waals surface area (Å²) >= 11 is 5.79. The summed E-state index contributed by atoms with van der Waals surface area (Å²) in [5, 5.41) is 0.154. The van der Waals surface area contributed by atoms with E-state index in [0.717, 1.165) is 6.42 Å². The first-order chi connectivity index (χ1) is 9.47. The van der Waals surface area contributed by atoms with E-state index in [2.05, 4.69) is 32.0 Å². The summed E-state index contributed by atoms with van der Waals surface area (Å²) in [4.78, 5) is 0. The maximum absolute atomic E-state index is 13.9. The smallest absolute Gasteiger partial charge is 0.145 e. The quantitative estimate of drug-likeness (QED) is 0.897. The van der Waals surface area contributed by atoms with E-state index >= 15 is 0 Å². The number of hydrogen-bond donors (Lipinski definition) is 1. The molecule has 3 heteroatoms. The highest BCUT2D eigenvalue weighted by molar-refractivity contribution is 6.30. The second-order valence-corrected chi connectivity index (χ2v) is 5.72. The SMILES string of the molecule is Cc1ccc(C)c(CC(N)Cc2cccc(Cl)c2F)c1. The number of hydrogen-bond acceptors (Lipinski definition) is 1. The first kappa shape index (κ1) is 15.0. The van der Waals surface area contributed by atoms with E-state index in [-0.39, 0.29) is 16.9 Å². The van der Waals surface area contributed by atoms with E-state index in [0.29, 0.717) is 12.0 Å². The third-order valence-electron chi connectivity index (χ3n) is 3.50. The van der Waals surface area contributed by atoms with Gasteiger partial charge in [-0.25, -0.2) is 4.39 Å². The van der Waals surface area contributed by atoms with Gasteiger partial charge in [-0.05, 0) is 49.4 Å². The van der Waals surface area contributed by atoms with Gasteiger partial charge < -0.3 is 5.73 Å². The van der Waals surface area contributed by atoms with Crippen LogP contribution in [0.2, 0.25) is 5.02 Å². The second-order valence-electron chi connectivity index (χ2n) is 5.31. The Morgan fingerprint density at radius 2 is 1.80 bits per heavy atom. The van der Waals surface area contributed by atoms with Crippen LogP contribution in [0.3, 0.4) is 0 Å². The molecular formula is C17H19ClFN. The third-order valence-corrected chi connectivity index (χ3v) is 3.79. The van der Waals surface area contributed by atoms with Gasteiger partial charge in [-0.3, -0.25) is 0 Å². The minimum absolute atomic E-state index is 0.122. The molecule has 0 heterocycles. The third kappa shape index (κ3) is 3.59. The summed E-state index contributed by atoms with van der Waals surface area (Å²) in [6, 6.07) is 11.2. The molecule has 0 aromatic heterocycles. The van der Waals surface area contributed by atoms with Gasteiger partial charge in [-0.1, -0.05) is 47.5 Å². The molecule has 0 bridgehead atoms. The summed E-state index contributed by atoms with van der Waals surface area (Å²) in [5.74, 6) is -0.356. The number of halogens is 2. The highest BCUT2D eigenvalue weighted by Gasteiger charge is 2.12. The lowest BCUT2D eigenvalue weighted by molar-refractivity contribution is 0.584. The fourth-order valence-electron chi connectivity index (χ4n) is 2.36. The van der Waals surface area contributed by atoms with E-state index < -0.39 is 0 Å². The lowest BCUT2D eigenvalue weighted by Crippen LogP contribution is -2.26. The lowest BCUT2D eigenvalue weighted by atomic mass is 9.95. The van der Waals surface area contributed by atoms with Crippen molar-refractivity contribution >= 4 is 11.6 Å². The molecule has 0 aliphatic heterocycles. The molecule has 0 aliphatic carbocycles. The highest BCUT2D eigenvalue weighted by Crippen LogP contribution is 2.20. The zero-order chi connectivity index (χ0) is 14.7. The Morgan fingerprint density at radius 1 is 1.10 bits per heavy atom. The van der Waals surface area contributed by atoms with Crippen LogP contribution in [0, 0.1) is 19.7 Å². The largest absolute Gasteiger partial charge is 0.327 e. The van der Waals surface area contributed by atoms with Crippen LogP contribution in [0.1, 0.15) is 22.3 Å². The summed E-state index contributed by atoms with van der Waals surface area (Å²) in [6.45, 7) is 4.13. The van der Waals surface area contributed by atoms with Gasteiger partial charge in [0.05, 0.1) is 5.02 Å². The van der Waals surface area contributed by atoms with Crippen molar-refractivity contribution in [1.82, 2.24) is 0 Å². The standard InChI is InChI=1S/C17H19ClFN/c1-11-6-7-12(2)14(8-11)10-15(20)9-13-4-3-5-16(18)17(13)19/h3-8,15H,9-10,20H2,1-2H3. The average molecular weight is 292 g/mol. The molecule has 0 aliphatic rings. The molecule has 2 N–H and O–H groups in total. The van der Waals surface area contributed by atoms with E-state index in [1.165, 1.54) is 16.7 Å². The fourth-order valence-corrected chi connectivity index (χ4v) is 2.56. The number of nitrogens with two attached hydrogens (primary N) is 1. The highest BCUT2D eigenvalue weighted by atomic mass is 35.5. The molecule has 1 unspecified atom stereocenters. The van der Waals surface area contributed by atoms with Crippen molar-refractivity contribution in [1.29, 1.82) is 0 Å². The molecule has 1 atom stereocenters. The summed E-state index contributed by atoms with van der Waals surface area (Å²) in [6.07, 6.45) is 1.22. The van der Waals surface area contributed by atoms with Gasteiger partial charge in [0, 0.05) is 6.04 Å². The maximum Gasteiger partial charge on any atom is 0.145 e. The van der Waals surface area contributed by atoms with Gasteiger partial charge in [-0.2, -0.15) is 0 Å². The van der Waals surface area contributed by atoms with Gasteiger partial charge in [-0.15, -0.1) is 0 Å². The zero-order valence-corrected chi connectivity index (χ0v) is 12.5. The van der Waals surface area contributed by atoms with Gasteiger partial charge in [0.15, 0.2) is 0 Å². The van der Waals surface area contributed by atoms with Gasteiger partial charge >= 0.3 is 0 Å². The number of rotatable bonds is 4. The monoisotopic (exact) mass is 291 g/mol. The summed E-state index contributed by atoms with van der Waals surface area (Å²) < 4.78 is 13.9. The molecule has 20 heavy (non-hydrogen) atoms. The lowest BCUT2D eigenvalue weighted by Gasteiger charge is -2.15. The molecule has 0 fully saturated rings. The van der Waals surface area contributed by atoms with E-state index in [4.69, 9.17) is 17.3 Å². The second kappa shape index (κ2) is 6.38. The van der Waals surface area contributed by atoms with Crippen molar-refractivity contribution in [3.63, 3.8) is 0 Å². The zero-order valence-electron chi connectivity index (χ0n) is 11.8. The molecule has 106 valence electrons. The molecule has 0 radical (unpaired) electrons. The predicted octanol–water partition coefficient (Wildman–Crippen LogP) is 4.21. The Morgan fingerprint density at radius 3 is 2.55 bits per heavy atom. The minimum atomic E-state index is -0.356. The summed E-state index contributed by atoms with van der Waals surface area (Å²) in [7, 11) is 0. The Bertz CT molecular complexity index is 606. The first-order valence-corrected chi connectivity index (χ1v) is 7.09. The maximum atomic E-state index is 13.9. The van der Waals surface area contributed by atoms with Crippen molar-refractivity contribution in [3.05, 3.63) is 69.5 Å². The molecule has 2 aromatic rings. The molecule has 0 amide bonds. The van der Waals surface area contributed by atoms with Crippen LogP contribution in [0.15, 0.2) is 36.4 Å². The molecule has 2 rings (SSSR count). The number of benzene rings is 2. The Labute approximate surface area is 124 Å². The molecule has 1 nitrogen and oxygen atoms in total. The van der Waals surface area contributed by atoms with Crippen LogP contribution in [0.4, 0.5) is 4.39 Å². The Balaban J connectivity index is 2.11. The van der Waals surface area contributed by atoms with Crippen molar-refractivity contribution in [2.45, 2.75) is 32.7 Å². The topological polar surface area (TPSA) is 26.0 Å². The van der Waals surface area contributed by atoms with Crippen molar-refractivity contribution in [2.75, 3.05) is 0 Å². The molecule has 2 aromatic carbocycles. The normalized spacial score (nSPS) is 12.4. The van der Waals surface area contributed by atoms with Crippen LogP contribution in [-0.2, 0) is 12.8 Å². The van der Waals surface area contributed by atoms with Gasteiger partial charge in [0.1, 0.15) is 5.82 Å². The van der Waals surface area contributed by atoms with Crippen LogP contribution < -0.4 is 5.73 Å². The van der Waals surface area contributed by atoms with E-state index in [1.54, 1.807) is 18.2 Å². The van der Waals surface area contributed by atoms with Gasteiger partial charge in [0.25, 0.3) is 0 Å². The van der Waals surface area contributed by atoms with Crippen LogP contribution in [0.25, 0.3) is 0 Å². The summed E-state index contributed by atoms with van der Waals surface area (Å²) in [5.41, 5.74) is 10.4. The Kier molecular flexibility index (Phi) is 4.79. The van der Waals surface area contributed by atoms with Crippen LogP contribution in [0.5, 0.6) is 0 Å². The van der Waals surface area contributed by atoms with Crippen molar-refractivity contribution in [2.24, 2.45) is 5.73 Å². The van der Waals surface area contributed by atoms with E-state index in [1.807, 2.05) is 0 Å². The van der Waals surface area contributed by atoms with Crippen LogP contribution >= 0.6 is 11.6 Å². The minimum Gasteiger partial charge on any atom is -0.327 e. The van der Waals surface area contributed by atoms with Crippen molar-refractivity contribution < 1.29 is 4.39 Å². The Hall–Kier alpha value is -1.38. The number of aryl methyl sites for hydroxylation is 2. The average Bonchev–Trinajstić information content (AvgIpc) is 2.39. The molecule has 0 saturated carbocycles. The van der Waals surface area contributed by atoms with Crippen LogP contribution in [-0.4, -0.2) is 6.04 Å². The fraction of sp³-hybridized carbons (Fsp3) is 0.294. The van der Waals surface area contributed by atoms with Gasteiger partial charge in [0.2, 0.25) is 0 Å². The van der Waals surface area contributed by atoms with E-state index in [9.17, 15) is 4.39 Å². The van der Waals surface area contributed by atoms with Crippen molar-refractivity contribution in [3.8, 4) is 0 Å². The predicted molar refractivity (Wildman–Crippen MR) is 82.7 cm³/mol. The molecule has 0 spiro atoms. The molecular weight excluding hydrogens is 273 g/mol.